The Morgan fingerprint density at radius 2 is 0.839 bits per heavy atom. The highest BCUT2D eigenvalue weighted by Gasteiger charge is 2.27. The van der Waals surface area contributed by atoms with E-state index in [1.165, 1.54) is 12.8 Å². The van der Waals surface area contributed by atoms with E-state index in [2.05, 4.69) is 111 Å². The summed E-state index contributed by atoms with van der Waals surface area (Å²) in [6.45, 7) is 43.0. The lowest BCUT2D eigenvalue weighted by Gasteiger charge is -2.32. The van der Waals surface area contributed by atoms with Crippen molar-refractivity contribution in [3.63, 3.8) is 0 Å². The molecule has 1 fully saturated rings. The lowest BCUT2D eigenvalue weighted by Crippen LogP contribution is -2.40. The van der Waals surface area contributed by atoms with Gasteiger partial charge in [0.2, 0.25) is 0 Å². The summed E-state index contributed by atoms with van der Waals surface area (Å²) < 4.78 is 51.4. The largest absolute Gasteiger partial charge is 0.381 e. The van der Waals surface area contributed by atoms with Crippen molar-refractivity contribution < 1.29 is 37.9 Å². The van der Waals surface area contributed by atoms with Gasteiger partial charge in [-0.25, -0.2) is 0 Å². The van der Waals surface area contributed by atoms with Crippen LogP contribution in [0.1, 0.15) is 143 Å². The molecule has 8 atom stereocenters. The highest BCUT2D eigenvalue weighted by Crippen LogP contribution is 2.24. The van der Waals surface area contributed by atoms with Crippen molar-refractivity contribution in [2.45, 2.75) is 173 Å². The van der Waals surface area contributed by atoms with Crippen molar-refractivity contribution in [1.29, 1.82) is 0 Å². The van der Waals surface area contributed by atoms with Crippen molar-refractivity contribution in [2.75, 3.05) is 72.7 Å². The first-order chi connectivity index (χ1) is 26.4. The molecule has 0 aliphatic carbocycles. The Balaban J connectivity index is 3.00. The first kappa shape index (κ1) is 53.7. The molecule has 0 radical (unpaired) electrons. The van der Waals surface area contributed by atoms with Gasteiger partial charge in [-0.05, 0) is 91.3 Å². The number of hydrogen-bond acceptors (Lipinski definition) is 8. The van der Waals surface area contributed by atoms with Gasteiger partial charge in [-0.15, -0.1) is 0 Å². The molecule has 336 valence electrons. The fraction of sp³-hybridized carbons (Fsp3) is 1.00. The first-order valence-electron chi connectivity index (χ1n) is 23.2. The second-order valence-electron chi connectivity index (χ2n) is 20.6. The van der Waals surface area contributed by atoms with Crippen LogP contribution in [0.25, 0.3) is 0 Å². The lowest BCUT2D eigenvalue weighted by molar-refractivity contribution is -0.171. The van der Waals surface area contributed by atoms with Crippen LogP contribution in [0, 0.1) is 65.1 Å². The summed E-state index contributed by atoms with van der Waals surface area (Å²) in [6, 6.07) is 0. The zero-order valence-electron chi connectivity index (χ0n) is 39.8. The predicted octanol–water partition coefficient (Wildman–Crippen LogP) is 11.0. The molecular formula is C48H96O8. The molecule has 0 aromatic rings. The Kier molecular flexibility index (Phi) is 29.4. The second-order valence-corrected chi connectivity index (χ2v) is 20.6. The van der Waals surface area contributed by atoms with Crippen LogP contribution in [0.3, 0.4) is 0 Å². The van der Waals surface area contributed by atoms with E-state index in [-0.39, 0.29) is 30.5 Å². The monoisotopic (exact) mass is 801 g/mol. The smallest absolute Gasteiger partial charge is 0.105 e. The van der Waals surface area contributed by atoms with Crippen molar-refractivity contribution in [3.05, 3.63) is 0 Å². The maximum absolute atomic E-state index is 6.86. The number of ether oxygens (including phenoxy) is 8. The summed E-state index contributed by atoms with van der Waals surface area (Å²) in [6.07, 6.45) is 5.01. The minimum Gasteiger partial charge on any atom is -0.381 e. The Morgan fingerprint density at radius 1 is 0.411 bits per heavy atom. The molecule has 0 amide bonds. The maximum Gasteiger partial charge on any atom is 0.105 e. The molecule has 0 N–H and O–H groups in total. The van der Waals surface area contributed by atoms with Gasteiger partial charge in [-0.3, -0.25) is 0 Å². The summed E-state index contributed by atoms with van der Waals surface area (Å²) >= 11 is 0. The molecule has 1 rings (SSSR count). The zero-order valence-corrected chi connectivity index (χ0v) is 39.8. The van der Waals surface area contributed by atoms with Crippen LogP contribution in [0.2, 0.25) is 0 Å². The minimum atomic E-state index is -0.235. The van der Waals surface area contributed by atoms with Gasteiger partial charge in [0.15, 0.2) is 0 Å². The molecule has 0 aromatic heterocycles. The van der Waals surface area contributed by atoms with Crippen LogP contribution < -0.4 is 0 Å². The highest BCUT2D eigenvalue weighted by molar-refractivity contribution is 4.73. The predicted molar refractivity (Wildman–Crippen MR) is 233 cm³/mol. The Morgan fingerprint density at radius 3 is 1.36 bits per heavy atom. The normalized spacial score (nSPS) is 20.4. The van der Waals surface area contributed by atoms with Crippen LogP contribution in [0.15, 0.2) is 0 Å². The molecule has 1 aliphatic rings. The third-order valence-electron chi connectivity index (χ3n) is 11.0. The summed E-state index contributed by atoms with van der Waals surface area (Å²) in [5.41, 5.74) is 0. The van der Waals surface area contributed by atoms with Crippen LogP contribution in [-0.4, -0.2) is 103 Å². The minimum absolute atomic E-state index is 0.0461. The van der Waals surface area contributed by atoms with Crippen molar-refractivity contribution >= 4 is 0 Å². The summed E-state index contributed by atoms with van der Waals surface area (Å²) in [7, 11) is 0. The van der Waals surface area contributed by atoms with Crippen molar-refractivity contribution in [1.82, 2.24) is 0 Å². The van der Waals surface area contributed by atoms with Crippen molar-refractivity contribution in [2.24, 2.45) is 65.1 Å². The molecule has 0 spiro atoms. The summed E-state index contributed by atoms with van der Waals surface area (Å²) in [5.74, 6) is 5.93. The van der Waals surface area contributed by atoms with Gasteiger partial charge >= 0.3 is 0 Å². The molecule has 1 saturated heterocycles. The van der Waals surface area contributed by atoms with Gasteiger partial charge in [0.1, 0.15) is 12.2 Å². The molecule has 1 aliphatic heterocycles. The average Bonchev–Trinajstić information content (AvgIpc) is 3.07. The summed E-state index contributed by atoms with van der Waals surface area (Å²) in [4.78, 5) is 0. The number of hydrogen-bond donors (Lipinski definition) is 0. The molecule has 8 unspecified atom stereocenters. The average molecular weight is 801 g/mol. The fourth-order valence-corrected chi connectivity index (χ4v) is 7.57. The fourth-order valence-electron chi connectivity index (χ4n) is 7.57. The Bertz CT molecular complexity index is 906. The molecule has 0 saturated carbocycles. The van der Waals surface area contributed by atoms with Gasteiger partial charge in [0, 0.05) is 12.5 Å². The quantitative estimate of drug-likeness (QED) is 0.0637. The van der Waals surface area contributed by atoms with Gasteiger partial charge in [-0.1, -0.05) is 111 Å². The van der Waals surface area contributed by atoms with Crippen molar-refractivity contribution in [3.8, 4) is 0 Å². The SMILES string of the molecule is CC(C)CC(COCC(COCC(COCC(CC(C)C)C(C)C)C(C)C)OC(COCC1COCC(CC(C)C)O1)CC(C)C)OCC(CC(C)C)C(C)C. The van der Waals surface area contributed by atoms with Crippen LogP contribution >= 0.6 is 0 Å². The third kappa shape index (κ3) is 26.7. The molecule has 0 bridgehead atoms. The van der Waals surface area contributed by atoms with Crippen LogP contribution in [0.5, 0.6) is 0 Å². The van der Waals surface area contributed by atoms with Gasteiger partial charge < -0.3 is 37.9 Å². The van der Waals surface area contributed by atoms with E-state index >= 15 is 0 Å². The molecule has 8 heteroatoms. The highest BCUT2D eigenvalue weighted by atomic mass is 16.6. The molecular weight excluding hydrogens is 705 g/mol. The topological polar surface area (TPSA) is 73.8 Å². The van der Waals surface area contributed by atoms with E-state index in [0.717, 1.165) is 32.5 Å². The first-order valence-corrected chi connectivity index (χ1v) is 23.2. The lowest BCUT2D eigenvalue weighted by atomic mass is 9.88. The van der Waals surface area contributed by atoms with Gasteiger partial charge in [0.05, 0.1) is 84.4 Å². The summed E-state index contributed by atoms with van der Waals surface area (Å²) in [5, 5.41) is 0. The Labute approximate surface area is 348 Å². The van der Waals surface area contributed by atoms with Crippen LogP contribution in [0.4, 0.5) is 0 Å². The van der Waals surface area contributed by atoms with E-state index < -0.39 is 0 Å². The molecule has 0 aromatic carbocycles. The zero-order chi connectivity index (χ0) is 42.2. The van der Waals surface area contributed by atoms with E-state index in [0.29, 0.717) is 125 Å². The molecule has 8 nitrogen and oxygen atoms in total. The molecule has 56 heavy (non-hydrogen) atoms. The van der Waals surface area contributed by atoms with Gasteiger partial charge in [-0.2, -0.15) is 0 Å². The number of rotatable bonds is 34. The second kappa shape index (κ2) is 30.7. The van der Waals surface area contributed by atoms with E-state index in [9.17, 15) is 0 Å². The van der Waals surface area contributed by atoms with E-state index in [1.807, 2.05) is 0 Å². The Hall–Kier alpha value is -0.320. The maximum atomic E-state index is 6.86. The third-order valence-corrected chi connectivity index (χ3v) is 11.0. The standard InChI is InChI=1S/C48H96O8/c1-33(2)17-41(38(11)12)22-49-23-43(40(15)16)24-50-29-47(30-51-26-44(19-35(5)6)54-25-42(39(13)14)18-34(3)4)55-45(20-36(7)8)27-52-31-48-32-53-28-46(56-48)21-37(9)10/h33-48H,17-32H2,1-16H3. The van der Waals surface area contributed by atoms with Gasteiger partial charge in [0.25, 0.3) is 0 Å². The van der Waals surface area contributed by atoms with Crippen LogP contribution in [-0.2, 0) is 37.9 Å². The molecule has 1 heterocycles. The van der Waals surface area contributed by atoms with E-state index in [4.69, 9.17) is 37.9 Å². The van der Waals surface area contributed by atoms with E-state index in [1.54, 1.807) is 0 Å².